The van der Waals surface area contributed by atoms with Gasteiger partial charge in [0.2, 0.25) is 0 Å². The lowest BCUT2D eigenvalue weighted by Crippen LogP contribution is -2.18. The second kappa shape index (κ2) is 7.70. The first-order valence-corrected chi connectivity index (χ1v) is 8.61. The van der Waals surface area contributed by atoms with Gasteiger partial charge in [0.25, 0.3) is 0 Å². The number of phenolic OH excluding ortho intramolecular Hbond substituents is 1. The Bertz CT molecular complexity index is 446. The zero-order chi connectivity index (χ0) is 17.0. The molecule has 2 nitrogen and oxygen atoms in total. The summed E-state index contributed by atoms with van der Waals surface area (Å²) in [6, 6.07) is 4.15. The fourth-order valence-electron chi connectivity index (χ4n) is 2.41. The molecule has 0 unspecified atom stereocenters. The van der Waals surface area contributed by atoms with Gasteiger partial charge in [0.05, 0.1) is 6.61 Å². The number of aromatic hydroxyl groups is 1. The molecule has 0 aliphatic rings. The van der Waals surface area contributed by atoms with Crippen LogP contribution in [-0.2, 0) is 22.2 Å². The topological polar surface area (TPSA) is 29.5 Å². The highest BCUT2D eigenvalue weighted by Crippen LogP contribution is 2.39. The minimum absolute atomic E-state index is 0.0985. The maximum absolute atomic E-state index is 10.7. The molecule has 1 N–H and O–H groups in total. The van der Waals surface area contributed by atoms with E-state index in [0.29, 0.717) is 18.2 Å². The quantitative estimate of drug-likeness (QED) is 0.550. The third-order valence-electron chi connectivity index (χ3n) is 3.73. The normalized spacial score (nSPS) is 12.7. The van der Waals surface area contributed by atoms with E-state index < -0.39 is 0 Å². The molecule has 0 heterocycles. The second-order valence-electron chi connectivity index (χ2n) is 7.99. The van der Waals surface area contributed by atoms with E-state index in [4.69, 9.17) is 16.3 Å². The van der Waals surface area contributed by atoms with E-state index in [1.165, 1.54) is 0 Å². The summed E-state index contributed by atoms with van der Waals surface area (Å²) in [5, 5.41) is 10.7. The molecule has 0 saturated carbocycles. The molecule has 3 heteroatoms. The van der Waals surface area contributed by atoms with E-state index in [2.05, 4.69) is 53.7 Å². The van der Waals surface area contributed by atoms with E-state index >= 15 is 0 Å². The number of alkyl halides is 1. The highest BCUT2D eigenvalue weighted by atomic mass is 35.5. The maximum atomic E-state index is 10.7. The maximum Gasteiger partial charge on any atom is 0.123 e. The van der Waals surface area contributed by atoms with Gasteiger partial charge in [0, 0.05) is 12.5 Å². The molecule has 1 aromatic carbocycles. The predicted octanol–water partition coefficient (Wildman–Crippen LogP) is 5.52. The van der Waals surface area contributed by atoms with Crippen LogP contribution < -0.4 is 0 Å². The molecule has 22 heavy (non-hydrogen) atoms. The van der Waals surface area contributed by atoms with E-state index in [1.807, 2.05) is 0 Å². The zero-order valence-electron chi connectivity index (χ0n) is 14.9. The van der Waals surface area contributed by atoms with E-state index in [-0.39, 0.29) is 10.8 Å². The summed E-state index contributed by atoms with van der Waals surface area (Å²) >= 11 is 5.67. The van der Waals surface area contributed by atoms with Crippen LogP contribution in [0.5, 0.6) is 5.75 Å². The Hall–Kier alpha value is -0.730. The van der Waals surface area contributed by atoms with Gasteiger partial charge in [-0.1, -0.05) is 41.5 Å². The summed E-state index contributed by atoms with van der Waals surface area (Å²) in [5.41, 5.74) is 2.90. The molecule has 0 fully saturated rings. The summed E-state index contributed by atoms with van der Waals surface area (Å²) in [6.45, 7) is 14.1. The number of hydrogen-bond acceptors (Lipinski definition) is 2. The molecule has 1 aromatic rings. The van der Waals surface area contributed by atoms with Crippen molar-refractivity contribution in [2.24, 2.45) is 0 Å². The summed E-state index contributed by atoms with van der Waals surface area (Å²) in [5.74, 6) is 1.11. The van der Waals surface area contributed by atoms with Crippen molar-refractivity contribution in [3.8, 4) is 5.75 Å². The van der Waals surface area contributed by atoms with Crippen molar-refractivity contribution in [1.82, 2.24) is 0 Å². The standard InChI is InChI=1S/C19H31ClO2/c1-18(2,3)15-11-14(13-22-10-8-7-9-20)12-16(17(15)21)19(4,5)6/h11-12,21H,7-10,13H2,1-6H3. The molecule has 0 saturated heterocycles. The van der Waals surface area contributed by atoms with Gasteiger partial charge >= 0.3 is 0 Å². The fraction of sp³-hybridized carbons (Fsp3) is 0.684. The lowest BCUT2D eigenvalue weighted by Gasteiger charge is -2.28. The highest BCUT2D eigenvalue weighted by molar-refractivity contribution is 6.17. The molecular weight excluding hydrogens is 296 g/mol. The van der Waals surface area contributed by atoms with Crippen LogP contribution >= 0.6 is 11.6 Å². The first-order valence-electron chi connectivity index (χ1n) is 8.08. The van der Waals surface area contributed by atoms with E-state index in [9.17, 15) is 5.11 Å². The number of unbranched alkanes of at least 4 members (excludes halogenated alkanes) is 1. The van der Waals surface area contributed by atoms with Crippen molar-refractivity contribution in [2.75, 3.05) is 12.5 Å². The minimum atomic E-state index is -0.0985. The monoisotopic (exact) mass is 326 g/mol. The smallest absolute Gasteiger partial charge is 0.123 e. The molecule has 0 aliphatic heterocycles. The van der Waals surface area contributed by atoms with Crippen molar-refractivity contribution in [1.29, 1.82) is 0 Å². The molecule has 126 valence electrons. The number of phenols is 1. The third kappa shape index (κ3) is 5.48. The fourth-order valence-corrected chi connectivity index (χ4v) is 2.60. The molecular formula is C19H31ClO2. The van der Waals surface area contributed by atoms with Gasteiger partial charge in [0.1, 0.15) is 5.75 Å². The van der Waals surface area contributed by atoms with Gasteiger partial charge in [-0.05, 0) is 52.5 Å². The first-order chi connectivity index (χ1) is 10.1. The summed E-state index contributed by atoms with van der Waals surface area (Å²) in [4.78, 5) is 0. The average Bonchev–Trinajstić information content (AvgIpc) is 2.37. The van der Waals surface area contributed by atoms with Crippen LogP contribution in [0.25, 0.3) is 0 Å². The van der Waals surface area contributed by atoms with Crippen LogP contribution in [0.2, 0.25) is 0 Å². The van der Waals surface area contributed by atoms with Gasteiger partial charge in [-0.25, -0.2) is 0 Å². The molecule has 1 rings (SSSR count). The summed E-state index contributed by atoms with van der Waals surface area (Å²) in [7, 11) is 0. The number of hydrogen-bond donors (Lipinski definition) is 1. The second-order valence-corrected chi connectivity index (χ2v) is 8.37. The number of rotatable bonds is 6. The number of ether oxygens (including phenoxy) is 1. The Morgan fingerprint density at radius 1 is 0.955 bits per heavy atom. The van der Waals surface area contributed by atoms with Crippen molar-refractivity contribution in [3.05, 3.63) is 28.8 Å². The van der Waals surface area contributed by atoms with Crippen molar-refractivity contribution < 1.29 is 9.84 Å². The van der Waals surface area contributed by atoms with Crippen molar-refractivity contribution in [3.63, 3.8) is 0 Å². The Labute approximate surface area is 140 Å². The molecule has 0 aliphatic carbocycles. The summed E-state index contributed by atoms with van der Waals surface area (Å²) in [6.07, 6.45) is 1.97. The van der Waals surface area contributed by atoms with Gasteiger partial charge in [-0.2, -0.15) is 0 Å². The highest BCUT2D eigenvalue weighted by Gasteiger charge is 2.26. The van der Waals surface area contributed by atoms with Crippen LogP contribution in [0, 0.1) is 0 Å². The van der Waals surface area contributed by atoms with Gasteiger partial charge in [0.15, 0.2) is 0 Å². The van der Waals surface area contributed by atoms with E-state index in [1.54, 1.807) is 0 Å². The van der Waals surface area contributed by atoms with Crippen LogP contribution in [0.15, 0.2) is 12.1 Å². The van der Waals surface area contributed by atoms with Crippen molar-refractivity contribution >= 4 is 11.6 Å². The Morgan fingerprint density at radius 2 is 1.45 bits per heavy atom. The van der Waals surface area contributed by atoms with Crippen molar-refractivity contribution in [2.45, 2.75) is 71.8 Å². The minimum Gasteiger partial charge on any atom is -0.507 e. The molecule has 0 radical (unpaired) electrons. The van der Waals surface area contributed by atoms with Crippen LogP contribution in [0.3, 0.4) is 0 Å². The molecule has 0 aromatic heterocycles. The lowest BCUT2D eigenvalue weighted by molar-refractivity contribution is 0.118. The van der Waals surface area contributed by atoms with Gasteiger partial charge in [-0.15, -0.1) is 11.6 Å². The third-order valence-corrected chi connectivity index (χ3v) is 3.99. The Morgan fingerprint density at radius 3 is 1.86 bits per heavy atom. The van der Waals surface area contributed by atoms with Gasteiger partial charge in [-0.3, -0.25) is 0 Å². The Kier molecular flexibility index (Phi) is 6.76. The largest absolute Gasteiger partial charge is 0.507 e. The van der Waals surface area contributed by atoms with E-state index in [0.717, 1.165) is 36.1 Å². The zero-order valence-corrected chi connectivity index (χ0v) is 15.7. The SMILES string of the molecule is CC(C)(C)c1cc(COCCCCCl)cc(C(C)(C)C)c1O. The molecule has 0 spiro atoms. The summed E-state index contributed by atoms with van der Waals surface area (Å²) < 4.78 is 5.76. The Balaban J connectivity index is 3.03. The lowest BCUT2D eigenvalue weighted by atomic mass is 9.78. The number of halogens is 1. The van der Waals surface area contributed by atoms with Crippen LogP contribution in [0.1, 0.15) is 71.1 Å². The molecule has 0 atom stereocenters. The molecule has 0 amide bonds. The predicted molar refractivity (Wildman–Crippen MR) is 95.1 cm³/mol. The first kappa shape index (κ1) is 19.3. The van der Waals surface area contributed by atoms with Crippen LogP contribution in [0.4, 0.5) is 0 Å². The van der Waals surface area contributed by atoms with Crippen LogP contribution in [-0.4, -0.2) is 17.6 Å². The molecule has 0 bridgehead atoms. The average molecular weight is 327 g/mol. The van der Waals surface area contributed by atoms with Gasteiger partial charge < -0.3 is 9.84 Å². The number of benzene rings is 1.